The molecule has 0 unspecified atom stereocenters. The number of nitrogens with zero attached hydrogens (tertiary/aromatic N) is 3. The number of hydrogen-bond donors (Lipinski definition) is 2. The van der Waals surface area contributed by atoms with Gasteiger partial charge in [0.1, 0.15) is 11.6 Å². The standard InChI is InChI=1S/C20H20FN5O3S/c1-13-22-19(25-24-13)17-11-26(30(28,29)16-9-5-8-15(21)10-16)12-18(17)23-20(27)14-6-3-2-4-7-14/h2-10,17-18H,11-12H2,1H3,(H,23,27)(H,22,24,25)/t17-,18-/m1/s1. The predicted molar refractivity (Wildman–Crippen MR) is 107 cm³/mol. The average molecular weight is 429 g/mol. The first-order chi connectivity index (χ1) is 14.3. The largest absolute Gasteiger partial charge is 0.347 e. The van der Waals surface area contributed by atoms with Gasteiger partial charge in [-0.15, -0.1) is 0 Å². The number of rotatable bonds is 5. The minimum atomic E-state index is -3.95. The summed E-state index contributed by atoms with van der Waals surface area (Å²) in [6, 6.07) is 13.0. The molecule has 8 nitrogen and oxygen atoms in total. The third-order valence-corrected chi connectivity index (χ3v) is 6.85. The normalized spacial score (nSPS) is 19.7. The third-order valence-electron chi connectivity index (χ3n) is 5.02. The van der Waals surface area contributed by atoms with Crippen LogP contribution in [0.1, 0.15) is 27.9 Å². The van der Waals surface area contributed by atoms with Gasteiger partial charge in [-0.1, -0.05) is 24.3 Å². The fourth-order valence-electron chi connectivity index (χ4n) is 3.52. The molecule has 0 spiro atoms. The molecule has 2 atom stereocenters. The van der Waals surface area contributed by atoms with Gasteiger partial charge in [0.25, 0.3) is 5.91 Å². The Morgan fingerprint density at radius 2 is 1.93 bits per heavy atom. The van der Waals surface area contributed by atoms with Crippen LogP contribution in [-0.4, -0.2) is 52.9 Å². The van der Waals surface area contributed by atoms with E-state index in [2.05, 4.69) is 20.5 Å². The molecule has 30 heavy (non-hydrogen) atoms. The van der Waals surface area contributed by atoms with Gasteiger partial charge in [0, 0.05) is 18.7 Å². The lowest BCUT2D eigenvalue weighted by molar-refractivity contribution is 0.0935. The maximum absolute atomic E-state index is 13.6. The van der Waals surface area contributed by atoms with Crippen molar-refractivity contribution in [2.45, 2.75) is 23.8 Å². The molecule has 1 fully saturated rings. The highest BCUT2D eigenvalue weighted by Gasteiger charge is 2.42. The maximum atomic E-state index is 13.6. The molecule has 0 radical (unpaired) electrons. The molecule has 3 aromatic rings. The van der Waals surface area contributed by atoms with E-state index in [1.54, 1.807) is 37.3 Å². The van der Waals surface area contributed by atoms with Crippen LogP contribution in [0.2, 0.25) is 0 Å². The molecule has 10 heteroatoms. The van der Waals surface area contributed by atoms with E-state index in [9.17, 15) is 17.6 Å². The van der Waals surface area contributed by atoms with Crippen molar-refractivity contribution in [1.82, 2.24) is 24.8 Å². The Kier molecular flexibility index (Phi) is 5.35. The van der Waals surface area contributed by atoms with Crippen molar-refractivity contribution in [2.24, 2.45) is 0 Å². The minimum absolute atomic E-state index is 0.0235. The zero-order valence-corrected chi connectivity index (χ0v) is 16.9. The first-order valence-corrected chi connectivity index (χ1v) is 10.8. The zero-order chi connectivity index (χ0) is 21.3. The Labute approximate surface area is 173 Å². The Bertz CT molecular complexity index is 1170. The van der Waals surface area contributed by atoms with Crippen LogP contribution in [0.25, 0.3) is 0 Å². The van der Waals surface area contributed by atoms with Crippen molar-refractivity contribution in [3.8, 4) is 0 Å². The van der Waals surface area contributed by atoms with Crippen molar-refractivity contribution in [3.05, 3.63) is 77.6 Å². The Hall–Kier alpha value is -3.11. The lowest BCUT2D eigenvalue weighted by atomic mass is 10.0. The van der Waals surface area contributed by atoms with Crippen LogP contribution in [0.15, 0.2) is 59.5 Å². The minimum Gasteiger partial charge on any atom is -0.347 e. The molecule has 0 saturated carbocycles. The quantitative estimate of drug-likeness (QED) is 0.643. The van der Waals surface area contributed by atoms with Crippen LogP contribution >= 0.6 is 0 Å². The second-order valence-electron chi connectivity index (χ2n) is 7.11. The van der Waals surface area contributed by atoms with Crippen LogP contribution in [0.4, 0.5) is 4.39 Å². The molecular formula is C20H20FN5O3S. The summed E-state index contributed by atoms with van der Waals surface area (Å²) in [5.74, 6) is -0.397. The first-order valence-electron chi connectivity index (χ1n) is 9.35. The van der Waals surface area contributed by atoms with Gasteiger partial charge in [-0.3, -0.25) is 9.89 Å². The van der Waals surface area contributed by atoms with Crippen molar-refractivity contribution < 1.29 is 17.6 Å². The average Bonchev–Trinajstić information content (AvgIpc) is 3.35. The van der Waals surface area contributed by atoms with E-state index in [4.69, 9.17) is 0 Å². The molecule has 2 N–H and O–H groups in total. The number of halogens is 1. The van der Waals surface area contributed by atoms with Gasteiger partial charge in [0.15, 0.2) is 5.82 Å². The van der Waals surface area contributed by atoms with Crippen molar-refractivity contribution in [3.63, 3.8) is 0 Å². The predicted octanol–water partition coefficient (Wildman–Crippen LogP) is 1.84. The second-order valence-corrected chi connectivity index (χ2v) is 9.05. The number of carbonyl (C=O) groups excluding carboxylic acids is 1. The molecular weight excluding hydrogens is 409 g/mol. The van der Waals surface area contributed by atoms with E-state index >= 15 is 0 Å². The summed E-state index contributed by atoms with van der Waals surface area (Å²) in [4.78, 5) is 16.9. The Morgan fingerprint density at radius 1 is 1.17 bits per heavy atom. The summed E-state index contributed by atoms with van der Waals surface area (Å²) < 4.78 is 41.0. The second kappa shape index (κ2) is 7.96. The lowest BCUT2D eigenvalue weighted by Gasteiger charge is -2.18. The fourth-order valence-corrected chi connectivity index (χ4v) is 5.04. The summed E-state index contributed by atoms with van der Waals surface area (Å²) in [7, 11) is -3.95. The van der Waals surface area contributed by atoms with Crippen LogP contribution in [-0.2, 0) is 10.0 Å². The lowest BCUT2D eigenvalue weighted by Crippen LogP contribution is -2.40. The van der Waals surface area contributed by atoms with E-state index in [0.717, 1.165) is 6.07 Å². The van der Waals surface area contributed by atoms with Crippen LogP contribution in [0, 0.1) is 12.7 Å². The third kappa shape index (κ3) is 3.96. The number of aromatic nitrogens is 3. The van der Waals surface area contributed by atoms with Gasteiger partial charge in [-0.25, -0.2) is 17.8 Å². The van der Waals surface area contributed by atoms with Gasteiger partial charge in [-0.2, -0.15) is 9.40 Å². The van der Waals surface area contributed by atoms with E-state index in [0.29, 0.717) is 17.2 Å². The summed E-state index contributed by atoms with van der Waals surface area (Å²) >= 11 is 0. The highest BCUT2D eigenvalue weighted by atomic mass is 32.2. The van der Waals surface area contributed by atoms with Crippen LogP contribution in [0.5, 0.6) is 0 Å². The number of aromatic amines is 1. The monoisotopic (exact) mass is 429 g/mol. The molecule has 0 aliphatic carbocycles. The summed E-state index contributed by atoms with van der Waals surface area (Å²) in [5, 5.41) is 9.82. The zero-order valence-electron chi connectivity index (χ0n) is 16.1. The molecule has 2 heterocycles. The number of hydrogen-bond acceptors (Lipinski definition) is 5. The first kappa shape index (κ1) is 20.2. The molecule has 1 saturated heterocycles. The smallest absolute Gasteiger partial charge is 0.251 e. The van der Waals surface area contributed by atoms with E-state index in [1.165, 1.54) is 22.5 Å². The summed E-state index contributed by atoms with van der Waals surface area (Å²) in [6.45, 7) is 1.83. The van der Waals surface area contributed by atoms with E-state index < -0.39 is 27.8 Å². The number of carbonyl (C=O) groups is 1. The van der Waals surface area contributed by atoms with Gasteiger partial charge in [0.05, 0.1) is 16.9 Å². The Morgan fingerprint density at radius 3 is 2.60 bits per heavy atom. The molecule has 4 rings (SSSR count). The van der Waals surface area contributed by atoms with Gasteiger partial charge >= 0.3 is 0 Å². The number of aryl methyl sites for hydroxylation is 1. The number of H-pyrrole nitrogens is 1. The van der Waals surface area contributed by atoms with Gasteiger partial charge < -0.3 is 5.32 Å². The van der Waals surface area contributed by atoms with Crippen molar-refractivity contribution in [1.29, 1.82) is 0 Å². The highest BCUT2D eigenvalue weighted by Crippen LogP contribution is 2.30. The molecule has 0 bridgehead atoms. The van der Waals surface area contributed by atoms with Gasteiger partial charge in [-0.05, 0) is 37.3 Å². The van der Waals surface area contributed by atoms with E-state index in [-0.39, 0.29) is 23.9 Å². The summed E-state index contributed by atoms with van der Waals surface area (Å²) in [6.07, 6.45) is 0. The molecule has 156 valence electrons. The van der Waals surface area contributed by atoms with Crippen LogP contribution < -0.4 is 5.32 Å². The van der Waals surface area contributed by atoms with Crippen molar-refractivity contribution in [2.75, 3.05) is 13.1 Å². The molecule has 1 aromatic heterocycles. The Balaban J connectivity index is 1.63. The topological polar surface area (TPSA) is 108 Å². The van der Waals surface area contributed by atoms with Crippen molar-refractivity contribution >= 4 is 15.9 Å². The summed E-state index contributed by atoms with van der Waals surface area (Å²) in [5.41, 5.74) is 0.467. The molecule has 1 aliphatic rings. The number of nitrogens with one attached hydrogen (secondary N) is 2. The van der Waals surface area contributed by atoms with Gasteiger partial charge in [0.2, 0.25) is 10.0 Å². The number of amides is 1. The molecule has 1 aliphatic heterocycles. The van der Waals surface area contributed by atoms with E-state index in [1.807, 2.05) is 0 Å². The SMILES string of the molecule is Cc1nc([C@@H]2CN(S(=O)(=O)c3cccc(F)c3)C[C@H]2NC(=O)c2ccccc2)n[nH]1. The maximum Gasteiger partial charge on any atom is 0.251 e. The molecule has 1 amide bonds. The molecule has 2 aromatic carbocycles. The van der Waals surface area contributed by atoms with Crippen LogP contribution in [0.3, 0.4) is 0 Å². The number of sulfonamides is 1. The highest BCUT2D eigenvalue weighted by molar-refractivity contribution is 7.89. The number of benzene rings is 2. The fraction of sp³-hybridized carbons (Fsp3) is 0.250.